The molecule has 1 aliphatic heterocycles. The van der Waals surface area contributed by atoms with Crippen molar-refractivity contribution in [2.45, 2.75) is 38.0 Å². The second kappa shape index (κ2) is 5.25. The first-order valence-electron chi connectivity index (χ1n) is 7.07. The highest BCUT2D eigenvalue weighted by molar-refractivity contribution is 5.83. The topological polar surface area (TPSA) is 56.1 Å². The van der Waals surface area contributed by atoms with E-state index in [-0.39, 0.29) is 24.2 Å². The van der Waals surface area contributed by atoms with E-state index in [1.54, 1.807) is 6.21 Å². The molecule has 1 saturated heterocycles. The molecular formula is C15H19N3O2. The summed E-state index contributed by atoms with van der Waals surface area (Å²) in [6.07, 6.45) is 2.64. The highest BCUT2D eigenvalue weighted by Crippen LogP contribution is 2.35. The first kappa shape index (κ1) is 13.1. The molecular weight excluding hydrogens is 254 g/mol. The molecule has 3 atom stereocenters. The molecule has 1 saturated carbocycles. The molecule has 106 valence electrons. The van der Waals surface area contributed by atoms with E-state index in [9.17, 15) is 9.90 Å². The van der Waals surface area contributed by atoms with Crippen LogP contribution in [0.15, 0.2) is 35.4 Å². The standard InChI is InChI=1S/C15H19N3O2/c1-2-17-13-8-12(19)9-14(13)18(15(17)20)16-10-11-6-4-3-5-7-11/h3-7,10,12-14,19H,2,8-9H2,1H3. The van der Waals surface area contributed by atoms with Crippen LogP contribution in [0.4, 0.5) is 4.79 Å². The second-order valence-corrected chi connectivity index (χ2v) is 5.33. The monoisotopic (exact) mass is 273 g/mol. The number of urea groups is 1. The summed E-state index contributed by atoms with van der Waals surface area (Å²) in [5.74, 6) is 0. The summed E-state index contributed by atoms with van der Waals surface area (Å²) < 4.78 is 0. The predicted molar refractivity (Wildman–Crippen MR) is 76.5 cm³/mol. The van der Waals surface area contributed by atoms with Gasteiger partial charge < -0.3 is 10.0 Å². The lowest BCUT2D eigenvalue weighted by Crippen LogP contribution is -2.34. The number of likely N-dealkylation sites (N-methyl/N-ethyl adjacent to an activating group) is 1. The van der Waals surface area contributed by atoms with Crippen LogP contribution in [-0.2, 0) is 0 Å². The number of nitrogens with zero attached hydrogens (tertiary/aromatic N) is 3. The lowest BCUT2D eigenvalue weighted by Gasteiger charge is -2.19. The fourth-order valence-electron chi connectivity index (χ4n) is 3.15. The number of hydrogen-bond acceptors (Lipinski definition) is 3. The molecule has 3 unspecified atom stereocenters. The van der Waals surface area contributed by atoms with Gasteiger partial charge in [0.25, 0.3) is 0 Å². The summed E-state index contributed by atoms with van der Waals surface area (Å²) in [6.45, 7) is 2.62. The number of hydrazone groups is 1. The van der Waals surface area contributed by atoms with Crippen molar-refractivity contribution in [3.63, 3.8) is 0 Å². The average Bonchev–Trinajstić information content (AvgIpc) is 2.92. The van der Waals surface area contributed by atoms with Gasteiger partial charge in [0.1, 0.15) is 0 Å². The quantitative estimate of drug-likeness (QED) is 0.852. The van der Waals surface area contributed by atoms with Crippen LogP contribution in [0, 0.1) is 0 Å². The summed E-state index contributed by atoms with van der Waals surface area (Å²) in [7, 11) is 0. The van der Waals surface area contributed by atoms with Crippen molar-refractivity contribution in [2.75, 3.05) is 6.54 Å². The van der Waals surface area contributed by atoms with Gasteiger partial charge in [0.2, 0.25) is 0 Å². The molecule has 0 spiro atoms. The van der Waals surface area contributed by atoms with Crippen molar-refractivity contribution in [3.05, 3.63) is 35.9 Å². The highest BCUT2D eigenvalue weighted by atomic mass is 16.3. The maximum Gasteiger partial charge on any atom is 0.341 e. The molecule has 0 aromatic heterocycles. The summed E-state index contributed by atoms with van der Waals surface area (Å²) in [5, 5.41) is 15.7. The first-order chi connectivity index (χ1) is 9.70. The number of rotatable bonds is 3. The number of aliphatic hydroxyl groups is 1. The van der Waals surface area contributed by atoms with Crippen molar-refractivity contribution in [1.29, 1.82) is 0 Å². The van der Waals surface area contributed by atoms with Gasteiger partial charge in [0.05, 0.1) is 24.4 Å². The zero-order chi connectivity index (χ0) is 14.1. The lowest BCUT2D eigenvalue weighted by molar-refractivity contribution is 0.143. The molecule has 1 aromatic carbocycles. The zero-order valence-electron chi connectivity index (χ0n) is 11.5. The van der Waals surface area contributed by atoms with Crippen molar-refractivity contribution >= 4 is 12.2 Å². The molecule has 5 heteroatoms. The maximum absolute atomic E-state index is 12.3. The van der Waals surface area contributed by atoms with Gasteiger partial charge in [-0.05, 0) is 25.3 Å². The van der Waals surface area contributed by atoms with E-state index in [4.69, 9.17) is 0 Å². The third-order valence-electron chi connectivity index (χ3n) is 4.10. The molecule has 3 rings (SSSR count). The van der Waals surface area contributed by atoms with E-state index in [0.717, 1.165) is 5.56 Å². The Hall–Kier alpha value is -1.88. The van der Waals surface area contributed by atoms with Crippen LogP contribution in [0.3, 0.4) is 0 Å². The van der Waals surface area contributed by atoms with E-state index in [0.29, 0.717) is 19.4 Å². The van der Waals surface area contributed by atoms with Gasteiger partial charge in [-0.2, -0.15) is 5.10 Å². The molecule has 20 heavy (non-hydrogen) atoms. The zero-order valence-corrected chi connectivity index (χ0v) is 11.5. The predicted octanol–water partition coefficient (Wildman–Crippen LogP) is 1.67. The van der Waals surface area contributed by atoms with E-state index >= 15 is 0 Å². The first-order valence-corrected chi connectivity index (χ1v) is 7.07. The van der Waals surface area contributed by atoms with Gasteiger partial charge in [-0.15, -0.1) is 0 Å². The fourth-order valence-corrected chi connectivity index (χ4v) is 3.15. The Labute approximate surface area is 118 Å². The van der Waals surface area contributed by atoms with E-state index in [1.807, 2.05) is 42.2 Å². The van der Waals surface area contributed by atoms with Crippen LogP contribution in [-0.4, -0.2) is 52.0 Å². The average molecular weight is 273 g/mol. The van der Waals surface area contributed by atoms with Crippen LogP contribution in [0.1, 0.15) is 25.3 Å². The largest absolute Gasteiger partial charge is 0.393 e. The van der Waals surface area contributed by atoms with Crippen molar-refractivity contribution in [1.82, 2.24) is 9.91 Å². The van der Waals surface area contributed by atoms with Gasteiger partial charge in [0, 0.05) is 6.54 Å². The Morgan fingerprint density at radius 3 is 2.70 bits per heavy atom. The molecule has 1 heterocycles. The molecule has 0 bridgehead atoms. The molecule has 1 aromatic rings. The summed E-state index contributed by atoms with van der Waals surface area (Å²) >= 11 is 0. The molecule has 5 nitrogen and oxygen atoms in total. The third kappa shape index (κ3) is 2.18. The van der Waals surface area contributed by atoms with Crippen LogP contribution in [0.5, 0.6) is 0 Å². The highest BCUT2D eigenvalue weighted by Gasteiger charge is 2.50. The molecule has 2 fully saturated rings. The SMILES string of the molecule is CCN1C(=O)N(N=Cc2ccccc2)C2CC(O)CC21. The van der Waals surface area contributed by atoms with E-state index in [1.165, 1.54) is 5.01 Å². The summed E-state index contributed by atoms with van der Waals surface area (Å²) in [6, 6.07) is 9.75. The Morgan fingerprint density at radius 2 is 2.00 bits per heavy atom. The molecule has 0 radical (unpaired) electrons. The Bertz CT molecular complexity index is 517. The Kier molecular flexibility index (Phi) is 3.44. The summed E-state index contributed by atoms with van der Waals surface area (Å²) in [4.78, 5) is 14.1. The normalized spacial score (nSPS) is 29.5. The lowest BCUT2D eigenvalue weighted by atomic mass is 10.2. The van der Waals surface area contributed by atoms with Gasteiger partial charge in [-0.1, -0.05) is 30.3 Å². The minimum atomic E-state index is -0.332. The number of carbonyl (C=O) groups excluding carboxylic acids is 1. The minimum Gasteiger partial charge on any atom is -0.393 e. The molecule has 1 N–H and O–H groups in total. The Balaban J connectivity index is 1.82. The van der Waals surface area contributed by atoms with Crippen LogP contribution < -0.4 is 0 Å². The Morgan fingerprint density at radius 1 is 1.30 bits per heavy atom. The number of aliphatic hydroxyl groups excluding tert-OH is 1. The van der Waals surface area contributed by atoms with Gasteiger partial charge in [-0.3, -0.25) is 0 Å². The smallest absolute Gasteiger partial charge is 0.341 e. The molecule has 2 amide bonds. The number of carbonyl (C=O) groups is 1. The van der Waals surface area contributed by atoms with Crippen LogP contribution in [0.2, 0.25) is 0 Å². The van der Waals surface area contributed by atoms with Crippen LogP contribution >= 0.6 is 0 Å². The molecule has 2 aliphatic rings. The third-order valence-corrected chi connectivity index (χ3v) is 4.10. The van der Waals surface area contributed by atoms with Gasteiger partial charge in [-0.25, -0.2) is 9.80 Å². The summed E-state index contributed by atoms with van der Waals surface area (Å²) in [5.41, 5.74) is 0.963. The number of hydrogen-bond donors (Lipinski definition) is 1. The fraction of sp³-hybridized carbons (Fsp3) is 0.467. The van der Waals surface area contributed by atoms with E-state index in [2.05, 4.69) is 5.10 Å². The molecule has 1 aliphatic carbocycles. The van der Waals surface area contributed by atoms with Crippen LogP contribution in [0.25, 0.3) is 0 Å². The minimum absolute atomic E-state index is 0.00240. The van der Waals surface area contributed by atoms with Crippen molar-refractivity contribution in [3.8, 4) is 0 Å². The number of fused-ring (bicyclic) bond motifs is 1. The van der Waals surface area contributed by atoms with Crippen molar-refractivity contribution < 1.29 is 9.90 Å². The van der Waals surface area contributed by atoms with Crippen molar-refractivity contribution in [2.24, 2.45) is 5.10 Å². The van der Waals surface area contributed by atoms with Gasteiger partial charge >= 0.3 is 6.03 Å². The van der Waals surface area contributed by atoms with Gasteiger partial charge in [0.15, 0.2) is 0 Å². The van der Waals surface area contributed by atoms with E-state index < -0.39 is 0 Å². The number of benzene rings is 1. The number of amides is 2. The second-order valence-electron chi connectivity index (χ2n) is 5.33. The maximum atomic E-state index is 12.3.